The molecule has 2 aromatic carbocycles. The highest BCUT2D eigenvalue weighted by atomic mass is 16.5. The number of hydrogen-bond donors (Lipinski definition) is 1. The maximum Gasteiger partial charge on any atom is 0.255 e. The molecule has 156 valence electrons. The van der Waals surface area contributed by atoms with Crippen molar-refractivity contribution in [2.75, 3.05) is 27.9 Å². The Kier molecular flexibility index (Phi) is 5.72. The molecule has 30 heavy (non-hydrogen) atoms. The van der Waals surface area contributed by atoms with Crippen molar-refractivity contribution in [1.29, 1.82) is 0 Å². The van der Waals surface area contributed by atoms with E-state index < -0.39 is 0 Å². The minimum atomic E-state index is -0.0807. The molecule has 0 bridgehead atoms. The number of hydrogen-bond acceptors (Lipinski definition) is 6. The average molecular weight is 407 g/mol. The lowest BCUT2D eigenvalue weighted by Crippen LogP contribution is -2.35. The number of rotatable bonds is 6. The third kappa shape index (κ3) is 3.76. The van der Waals surface area contributed by atoms with E-state index in [4.69, 9.17) is 19.2 Å². The van der Waals surface area contributed by atoms with Crippen LogP contribution < -0.4 is 19.8 Å². The normalized spacial score (nSPS) is 13.6. The van der Waals surface area contributed by atoms with Crippen LogP contribution in [0.4, 0.5) is 0 Å². The Hall–Kier alpha value is -3.32. The molecule has 2 heterocycles. The summed E-state index contributed by atoms with van der Waals surface area (Å²) in [4.78, 5) is 22.7. The molecule has 1 aromatic heterocycles. The van der Waals surface area contributed by atoms with Gasteiger partial charge in [-0.05, 0) is 6.07 Å². The summed E-state index contributed by atoms with van der Waals surface area (Å²) in [5.74, 6) is 2.46. The Morgan fingerprint density at radius 1 is 1.00 bits per heavy atom. The molecule has 1 N–H and O–H groups in total. The van der Waals surface area contributed by atoms with E-state index in [9.17, 15) is 4.79 Å². The van der Waals surface area contributed by atoms with Gasteiger partial charge in [-0.15, -0.1) is 0 Å². The summed E-state index contributed by atoms with van der Waals surface area (Å²) in [5, 5.41) is 0. The highest BCUT2D eigenvalue weighted by molar-refractivity contribution is 5.56. The van der Waals surface area contributed by atoms with Crippen molar-refractivity contribution in [3.8, 4) is 28.6 Å². The number of methoxy groups -OCH3 is 3. The predicted molar refractivity (Wildman–Crippen MR) is 114 cm³/mol. The van der Waals surface area contributed by atoms with Crippen molar-refractivity contribution in [3.63, 3.8) is 0 Å². The van der Waals surface area contributed by atoms with Crippen LogP contribution in [0.2, 0.25) is 0 Å². The minimum Gasteiger partial charge on any atom is -0.493 e. The maximum atomic E-state index is 12.8. The number of nitrogens with one attached hydrogen (secondary N) is 1. The summed E-state index contributed by atoms with van der Waals surface area (Å²) in [7, 11) is 4.81. The Morgan fingerprint density at radius 3 is 2.47 bits per heavy atom. The summed E-state index contributed by atoms with van der Waals surface area (Å²) in [6.45, 7) is 1.96. The van der Waals surface area contributed by atoms with Gasteiger partial charge in [0.2, 0.25) is 5.75 Å². The minimum absolute atomic E-state index is 0.0807. The number of aromatic amines is 1. The first-order valence-corrected chi connectivity index (χ1v) is 9.82. The summed E-state index contributed by atoms with van der Waals surface area (Å²) in [6.07, 6.45) is 0.717. The highest BCUT2D eigenvalue weighted by Gasteiger charge is 2.24. The number of nitrogens with zero attached hydrogens (tertiary/aromatic N) is 2. The second-order valence-electron chi connectivity index (χ2n) is 7.16. The van der Waals surface area contributed by atoms with E-state index in [1.54, 1.807) is 21.3 Å². The van der Waals surface area contributed by atoms with Gasteiger partial charge in [-0.2, -0.15) is 0 Å². The first kappa shape index (κ1) is 20.0. The van der Waals surface area contributed by atoms with E-state index in [2.05, 4.69) is 9.88 Å². The van der Waals surface area contributed by atoms with Crippen molar-refractivity contribution < 1.29 is 14.2 Å². The van der Waals surface area contributed by atoms with Gasteiger partial charge < -0.3 is 19.2 Å². The summed E-state index contributed by atoms with van der Waals surface area (Å²) in [5.41, 5.74) is 3.40. The number of ether oxygens (including phenoxy) is 3. The van der Waals surface area contributed by atoms with Crippen LogP contribution in [0.25, 0.3) is 11.4 Å². The fourth-order valence-corrected chi connectivity index (χ4v) is 3.88. The topological polar surface area (TPSA) is 76.7 Å². The lowest BCUT2D eigenvalue weighted by Gasteiger charge is -2.28. The van der Waals surface area contributed by atoms with Gasteiger partial charge in [0.05, 0.1) is 32.6 Å². The summed E-state index contributed by atoms with van der Waals surface area (Å²) in [6, 6.07) is 13.6. The number of aromatic nitrogens is 2. The Labute approximate surface area is 175 Å². The van der Waals surface area contributed by atoms with Crippen LogP contribution in [-0.4, -0.2) is 42.7 Å². The molecular weight excluding hydrogens is 382 g/mol. The average Bonchev–Trinajstić information content (AvgIpc) is 2.79. The second-order valence-corrected chi connectivity index (χ2v) is 7.16. The number of fused-ring (bicyclic) bond motifs is 1. The van der Waals surface area contributed by atoms with Gasteiger partial charge in [-0.25, -0.2) is 4.98 Å². The maximum absolute atomic E-state index is 12.8. The van der Waals surface area contributed by atoms with Crippen molar-refractivity contribution in [2.45, 2.75) is 19.5 Å². The summed E-state index contributed by atoms with van der Waals surface area (Å²) >= 11 is 0. The zero-order valence-electron chi connectivity index (χ0n) is 17.4. The Bertz CT molecular complexity index is 1100. The van der Waals surface area contributed by atoms with Crippen LogP contribution >= 0.6 is 0 Å². The van der Waals surface area contributed by atoms with Gasteiger partial charge in [0.1, 0.15) is 5.82 Å². The van der Waals surface area contributed by atoms with E-state index in [-0.39, 0.29) is 5.56 Å². The SMILES string of the molecule is COc1ccc(CN2CCc3nc(-c4ccccc4)[nH]c(=O)c3C2)c(OC)c1OC. The van der Waals surface area contributed by atoms with Gasteiger partial charge in [-0.1, -0.05) is 36.4 Å². The van der Waals surface area contributed by atoms with Gasteiger partial charge in [0.25, 0.3) is 5.56 Å². The molecule has 7 heteroatoms. The molecule has 0 fully saturated rings. The highest BCUT2D eigenvalue weighted by Crippen LogP contribution is 2.40. The van der Waals surface area contributed by atoms with E-state index in [1.807, 2.05) is 42.5 Å². The molecule has 0 aliphatic carbocycles. The van der Waals surface area contributed by atoms with Crippen LogP contribution in [0.3, 0.4) is 0 Å². The van der Waals surface area contributed by atoms with E-state index >= 15 is 0 Å². The summed E-state index contributed by atoms with van der Waals surface area (Å²) < 4.78 is 16.4. The van der Waals surface area contributed by atoms with E-state index in [0.717, 1.165) is 28.9 Å². The van der Waals surface area contributed by atoms with Crippen LogP contribution in [0.15, 0.2) is 47.3 Å². The molecule has 0 radical (unpaired) electrons. The quantitative estimate of drug-likeness (QED) is 0.677. The first-order valence-electron chi connectivity index (χ1n) is 9.82. The molecule has 1 aliphatic rings. The van der Waals surface area contributed by atoms with Crippen LogP contribution in [-0.2, 0) is 19.5 Å². The third-order valence-electron chi connectivity index (χ3n) is 5.37. The monoisotopic (exact) mass is 407 g/mol. The zero-order valence-corrected chi connectivity index (χ0v) is 17.4. The fourth-order valence-electron chi connectivity index (χ4n) is 3.88. The zero-order chi connectivity index (χ0) is 21.1. The predicted octanol–water partition coefficient (Wildman–Crippen LogP) is 3.02. The third-order valence-corrected chi connectivity index (χ3v) is 5.37. The largest absolute Gasteiger partial charge is 0.493 e. The molecule has 0 unspecified atom stereocenters. The molecular formula is C23H25N3O4. The van der Waals surface area contributed by atoms with Crippen LogP contribution in [0, 0.1) is 0 Å². The molecule has 0 spiro atoms. The van der Waals surface area contributed by atoms with E-state index in [1.165, 1.54) is 0 Å². The fraction of sp³-hybridized carbons (Fsp3) is 0.304. The number of H-pyrrole nitrogens is 1. The van der Waals surface area contributed by atoms with Gasteiger partial charge in [-0.3, -0.25) is 9.69 Å². The second kappa shape index (κ2) is 8.59. The van der Waals surface area contributed by atoms with Crippen molar-refractivity contribution in [1.82, 2.24) is 14.9 Å². The van der Waals surface area contributed by atoms with Gasteiger partial charge in [0, 0.05) is 37.2 Å². The van der Waals surface area contributed by atoms with E-state index in [0.29, 0.717) is 42.6 Å². The molecule has 4 rings (SSSR count). The van der Waals surface area contributed by atoms with Crippen molar-refractivity contribution >= 4 is 0 Å². The smallest absolute Gasteiger partial charge is 0.255 e. The van der Waals surface area contributed by atoms with Gasteiger partial charge >= 0.3 is 0 Å². The lowest BCUT2D eigenvalue weighted by molar-refractivity contribution is 0.236. The number of benzene rings is 2. The molecule has 0 saturated carbocycles. The van der Waals surface area contributed by atoms with Gasteiger partial charge in [0.15, 0.2) is 11.5 Å². The molecule has 1 aliphatic heterocycles. The molecule has 0 atom stereocenters. The first-order chi connectivity index (χ1) is 14.6. The molecule has 7 nitrogen and oxygen atoms in total. The standard InChI is InChI=1S/C23H25N3O4/c1-28-19-10-9-16(20(29-2)21(19)30-3)13-26-12-11-18-17(14-26)23(27)25-22(24-18)15-7-5-4-6-8-15/h4-10H,11-14H2,1-3H3,(H,24,25,27). The Morgan fingerprint density at radius 2 is 1.77 bits per heavy atom. The lowest BCUT2D eigenvalue weighted by atomic mass is 10.0. The molecule has 0 saturated heterocycles. The van der Waals surface area contributed by atoms with Crippen LogP contribution in [0.5, 0.6) is 17.2 Å². The molecule has 0 amide bonds. The van der Waals surface area contributed by atoms with Crippen molar-refractivity contribution in [3.05, 3.63) is 69.6 Å². The molecule has 3 aromatic rings. The van der Waals surface area contributed by atoms with Crippen molar-refractivity contribution in [2.24, 2.45) is 0 Å². The van der Waals surface area contributed by atoms with Crippen LogP contribution in [0.1, 0.15) is 16.8 Å². The Balaban J connectivity index is 1.59.